The summed E-state index contributed by atoms with van der Waals surface area (Å²) in [7, 11) is 0. The Kier molecular flexibility index (Phi) is 2.67. The number of aliphatic hydroxyl groups is 1. The van der Waals surface area contributed by atoms with Gasteiger partial charge in [0.1, 0.15) is 0 Å². The van der Waals surface area contributed by atoms with Gasteiger partial charge in [-0.15, -0.1) is 0 Å². The Balaban J connectivity index is 1.80. The van der Waals surface area contributed by atoms with Crippen molar-refractivity contribution >= 4 is 0 Å². The molecule has 1 heterocycles. The first-order chi connectivity index (χ1) is 7.86. The molecule has 1 aromatic rings. The summed E-state index contributed by atoms with van der Waals surface area (Å²) in [6.07, 6.45) is 4.74. The van der Waals surface area contributed by atoms with Crippen molar-refractivity contribution in [3.05, 3.63) is 34.9 Å². The second kappa shape index (κ2) is 4.17. The van der Waals surface area contributed by atoms with Crippen LogP contribution >= 0.6 is 0 Å². The maximum Gasteiger partial charge on any atom is 0.0598 e. The largest absolute Gasteiger partial charge is 0.395 e. The maximum atomic E-state index is 9.08. The molecule has 3 heteroatoms. The topological polar surface area (TPSA) is 44.3 Å². The lowest BCUT2D eigenvalue weighted by atomic mass is 9.98. The molecule has 1 aliphatic heterocycles. The van der Waals surface area contributed by atoms with Crippen LogP contribution in [-0.2, 0) is 12.8 Å². The second-order valence-corrected chi connectivity index (χ2v) is 4.84. The van der Waals surface area contributed by atoms with Crippen LogP contribution in [0.4, 0.5) is 0 Å². The molecular formula is C13H18N2O. The molecule has 86 valence electrons. The van der Waals surface area contributed by atoms with E-state index in [2.05, 4.69) is 29.1 Å². The monoisotopic (exact) mass is 218 g/mol. The van der Waals surface area contributed by atoms with Crippen LogP contribution in [-0.4, -0.2) is 17.8 Å². The molecule has 1 saturated heterocycles. The van der Waals surface area contributed by atoms with E-state index in [0.29, 0.717) is 6.04 Å². The van der Waals surface area contributed by atoms with Gasteiger partial charge in [0.25, 0.3) is 0 Å². The van der Waals surface area contributed by atoms with E-state index in [1.807, 2.05) is 0 Å². The zero-order chi connectivity index (χ0) is 11.0. The molecule has 0 radical (unpaired) electrons. The lowest BCUT2D eigenvalue weighted by molar-refractivity contribution is 0.251. The van der Waals surface area contributed by atoms with E-state index in [9.17, 15) is 0 Å². The summed E-state index contributed by atoms with van der Waals surface area (Å²) in [4.78, 5) is 0. The molecule has 2 atom stereocenters. The quantitative estimate of drug-likeness (QED) is 0.696. The zero-order valence-corrected chi connectivity index (χ0v) is 9.37. The minimum atomic E-state index is 0.193. The smallest absolute Gasteiger partial charge is 0.0598 e. The maximum absolute atomic E-state index is 9.08. The van der Waals surface area contributed by atoms with Gasteiger partial charge in [0.05, 0.1) is 6.61 Å². The van der Waals surface area contributed by atoms with Crippen LogP contribution in [0.1, 0.15) is 35.6 Å². The van der Waals surface area contributed by atoms with Gasteiger partial charge in [-0.05, 0) is 42.4 Å². The molecule has 0 bridgehead atoms. The van der Waals surface area contributed by atoms with Gasteiger partial charge in [-0.2, -0.15) is 0 Å². The third-order valence-corrected chi connectivity index (χ3v) is 3.73. The Hall–Kier alpha value is -0.900. The SMILES string of the molecule is OCC1CC(c2ccc3c(c2)CCC3)NN1. The zero-order valence-electron chi connectivity index (χ0n) is 9.37. The number of rotatable bonds is 2. The van der Waals surface area contributed by atoms with E-state index in [4.69, 9.17) is 5.11 Å². The molecule has 0 saturated carbocycles. The molecule has 1 fully saturated rings. The number of aliphatic hydroxyl groups excluding tert-OH is 1. The van der Waals surface area contributed by atoms with E-state index in [1.54, 1.807) is 0 Å². The predicted molar refractivity (Wildman–Crippen MR) is 63.0 cm³/mol. The molecule has 2 aliphatic rings. The number of hydrazine groups is 1. The van der Waals surface area contributed by atoms with Gasteiger partial charge < -0.3 is 5.11 Å². The van der Waals surface area contributed by atoms with Gasteiger partial charge in [-0.25, -0.2) is 5.43 Å². The van der Waals surface area contributed by atoms with Crippen LogP contribution in [0, 0.1) is 0 Å². The highest BCUT2D eigenvalue weighted by Crippen LogP contribution is 2.28. The van der Waals surface area contributed by atoms with Crippen molar-refractivity contribution in [2.45, 2.75) is 37.8 Å². The van der Waals surface area contributed by atoms with E-state index < -0.39 is 0 Å². The van der Waals surface area contributed by atoms with Crippen LogP contribution in [0.3, 0.4) is 0 Å². The summed E-state index contributed by atoms with van der Waals surface area (Å²) in [5.41, 5.74) is 10.8. The van der Waals surface area contributed by atoms with Crippen molar-refractivity contribution in [1.82, 2.24) is 10.9 Å². The standard InChI is InChI=1S/C13H18N2O/c16-8-12-7-13(15-14-12)11-5-4-9-2-1-3-10(9)6-11/h4-6,12-16H,1-3,7-8H2. The van der Waals surface area contributed by atoms with Crippen LogP contribution < -0.4 is 10.9 Å². The number of benzene rings is 1. The first-order valence-corrected chi connectivity index (χ1v) is 6.10. The van der Waals surface area contributed by atoms with Gasteiger partial charge in [-0.3, -0.25) is 5.43 Å². The van der Waals surface area contributed by atoms with Crippen LogP contribution in [0.2, 0.25) is 0 Å². The van der Waals surface area contributed by atoms with Crippen LogP contribution in [0.25, 0.3) is 0 Å². The Bertz CT molecular complexity index is 392. The summed E-state index contributed by atoms with van der Waals surface area (Å²) in [6, 6.07) is 7.37. The van der Waals surface area contributed by atoms with Gasteiger partial charge in [0, 0.05) is 12.1 Å². The van der Waals surface area contributed by atoms with E-state index >= 15 is 0 Å². The summed E-state index contributed by atoms with van der Waals surface area (Å²) in [6.45, 7) is 0.203. The highest BCUT2D eigenvalue weighted by Gasteiger charge is 2.25. The average molecular weight is 218 g/mol. The third-order valence-electron chi connectivity index (χ3n) is 3.73. The fraction of sp³-hybridized carbons (Fsp3) is 0.538. The van der Waals surface area contributed by atoms with Gasteiger partial charge in [0.2, 0.25) is 0 Å². The number of hydrogen-bond acceptors (Lipinski definition) is 3. The molecule has 16 heavy (non-hydrogen) atoms. The molecule has 3 N–H and O–H groups in total. The average Bonchev–Trinajstić information content (AvgIpc) is 2.96. The lowest BCUT2D eigenvalue weighted by Gasteiger charge is -2.11. The molecule has 3 nitrogen and oxygen atoms in total. The van der Waals surface area contributed by atoms with E-state index in [1.165, 1.54) is 36.0 Å². The number of nitrogens with one attached hydrogen (secondary N) is 2. The van der Waals surface area contributed by atoms with E-state index in [0.717, 1.165) is 6.42 Å². The molecule has 3 rings (SSSR count). The molecule has 2 unspecified atom stereocenters. The minimum absolute atomic E-state index is 0.193. The predicted octanol–water partition coefficient (Wildman–Crippen LogP) is 1.08. The Labute approximate surface area is 95.8 Å². The van der Waals surface area contributed by atoms with Gasteiger partial charge in [-0.1, -0.05) is 18.2 Å². The Morgan fingerprint density at radius 1 is 1.19 bits per heavy atom. The highest BCUT2D eigenvalue weighted by atomic mass is 16.3. The highest BCUT2D eigenvalue weighted by molar-refractivity contribution is 5.36. The summed E-state index contributed by atoms with van der Waals surface area (Å²) in [5.74, 6) is 0. The van der Waals surface area contributed by atoms with Crippen LogP contribution in [0.15, 0.2) is 18.2 Å². The van der Waals surface area contributed by atoms with Crippen LogP contribution in [0.5, 0.6) is 0 Å². The van der Waals surface area contributed by atoms with E-state index in [-0.39, 0.29) is 12.6 Å². The molecule has 1 aliphatic carbocycles. The van der Waals surface area contributed by atoms with Crippen molar-refractivity contribution in [1.29, 1.82) is 0 Å². The van der Waals surface area contributed by atoms with Crippen molar-refractivity contribution in [3.63, 3.8) is 0 Å². The summed E-state index contributed by atoms with van der Waals surface area (Å²) >= 11 is 0. The second-order valence-electron chi connectivity index (χ2n) is 4.84. The number of hydrogen-bond donors (Lipinski definition) is 3. The van der Waals surface area contributed by atoms with Gasteiger partial charge >= 0.3 is 0 Å². The molecular weight excluding hydrogens is 200 g/mol. The third kappa shape index (κ3) is 1.75. The van der Waals surface area contributed by atoms with Crippen molar-refractivity contribution in [2.75, 3.05) is 6.61 Å². The molecule has 0 spiro atoms. The lowest BCUT2D eigenvalue weighted by Crippen LogP contribution is -2.32. The fourth-order valence-electron chi connectivity index (χ4n) is 2.77. The summed E-state index contributed by atoms with van der Waals surface area (Å²) < 4.78 is 0. The molecule has 1 aromatic carbocycles. The molecule has 0 aromatic heterocycles. The Morgan fingerprint density at radius 3 is 2.88 bits per heavy atom. The number of aryl methyl sites for hydroxylation is 2. The number of fused-ring (bicyclic) bond motifs is 1. The van der Waals surface area contributed by atoms with Crippen molar-refractivity contribution < 1.29 is 5.11 Å². The fourth-order valence-corrected chi connectivity index (χ4v) is 2.77. The minimum Gasteiger partial charge on any atom is -0.395 e. The van der Waals surface area contributed by atoms with Crippen molar-refractivity contribution in [3.8, 4) is 0 Å². The van der Waals surface area contributed by atoms with Gasteiger partial charge in [0.15, 0.2) is 0 Å². The van der Waals surface area contributed by atoms with Crippen molar-refractivity contribution in [2.24, 2.45) is 0 Å². The first-order valence-electron chi connectivity index (χ1n) is 6.10. The molecule has 0 amide bonds. The summed E-state index contributed by atoms with van der Waals surface area (Å²) in [5, 5.41) is 9.08. The normalized spacial score (nSPS) is 28.3. The Morgan fingerprint density at radius 2 is 2.06 bits per heavy atom. The first kappa shape index (κ1) is 10.3.